The molecule has 1 N–H and O–H groups in total. The molecule has 0 fully saturated rings. The molecule has 0 aromatic heterocycles. The second kappa shape index (κ2) is 1.43. The minimum absolute atomic E-state index is 0.560. The van der Waals surface area contributed by atoms with Gasteiger partial charge >= 0.3 is 0 Å². The molecule has 1 heteroatoms. The Morgan fingerprint density at radius 1 is 2.00 bits per heavy atom. The van der Waals surface area contributed by atoms with Crippen LogP contribution in [-0.4, -0.2) is 12.6 Å². The summed E-state index contributed by atoms with van der Waals surface area (Å²) >= 11 is 0. The lowest BCUT2D eigenvalue weighted by Gasteiger charge is -1.94. The standard InChI is InChI=1S/C5H8N/c1-5-3-2-4-6-5/h3,5-6H,4H2,1H3. The topological polar surface area (TPSA) is 12.0 Å². The van der Waals surface area contributed by atoms with Crippen LogP contribution in [0.5, 0.6) is 0 Å². The average molecular weight is 82.1 g/mol. The fourth-order valence-electron chi connectivity index (χ4n) is 0.515. The molecular weight excluding hydrogens is 74.1 g/mol. The molecule has 1 radical (unpaired) electrons. The number of hydrogen-bond acceptors (Lipinski definition) is 1. The zero-order valence-electron chi connectivity index (χ0n) is 3.86. The van der Waals surface area contributed by atoms with E-state index in [2.05, 4.69) is 18.3 Å². The molecule has 0 aliphatic carbocycles. The average Bonchev–Trinajstić information content (AvgIpc) is 1.86. The Morgan fingerprint density at radius 3 is 3.00 bits per heavy atom. The summed E-state index contributed by atoms with van der Waals surface area (Å²) in [5.41, 5.74) is 0. The van der Waals surface area contributed by atoms with E-state index in [1.54, 1.807) is 0 Å². The van der Waals surface area contributed by atoms with E-state index in [-0.39, 0.29) is 0 Å². The van der Waals surface area contributed by atoms with Crippen molar-refractivity contribution in [3.05, 3.63) is 12.2 Å². The van der Waals surface area contributed by atoms with Crippen molar-refractivity contribution in [2.24, 2.45) is 0 Å². The van der Waals surface area contributed by atoms with Gasteiger partial charge in [-0.2, -0.15) is 0 Å². The molecule has 1 rings (SSSR count). The highest BCUT2D eigenvalue weighted by Gasteiger charge is 1.97. The Morgan fingerprint density at radius 2 is 2.83 bits per heavy atom. The smallest absolute Gasteiger partial charge is 0.0231 e. The van der Waals surface area contributed by atoms with Crippen molar-refractivity contribution in [3.8, 4) is 0 Å². The monoisotopic (exact) mass is 82.1 g/mol. The van der Waals surface area contributed by atoms with Crippen molar-refractivity contribution in [2.45, 2.75) is 13.0 Å². The van der Waals surface area contributed by atoms with E-state index in [4.69, 9.17) is 0 Å². The van der Waals surface area contributed by atoms with Crippen molar-refractivity contribution < 1.29 is 0 Å². The highest BCUT2D eigenvalue weighted by atomic mass is 14.9. The first kappa shape index (κ1) is 3.88. The predicted octanol–water partition coefficient (Wildman–Crippen LogP) is 0.337. The van der Waals surface area contributed by atoms with Crippen LogP contribution in [0.15, 0.2) is 6.08 Å². The summed E-state index contributed by atoms with van der Waals surface area (Å²) in [5.74, 6) is 0. The Balaban J connectivity index is 2.38. The molecule has 1 atom stereocenters. The lowest BCUT2D eigenvalue weighted by Crippen LogP contribution is -2.17. The predicted molar refractivity (Wildman–Crippen MR) is 25.3 cm³/mol. The third kappa shape index (κ3) is 0.601. The van der Waals surface area contributed by atoms with Gasteiger partial charge in [-0.15, -0.1) is 0 Å². The maximum absolute atomic E-state index is 3.15. The van der Waals surface area contributed by atoms with Gasteiger partial charge in [-0.25, -0.2) is 0 Å². The number of hydrogen-bond donors (Lipinski definition) is 1. The van der Waals surface area contributed by atoms with Crippen LogP contribution in [0.4, 0.5) is 0 Å². The van der Waals surface area contributed by atoms with Gasteiger partial charge in [0.05, 0.1) is 0 Å². The van der Waals surface area contributed by atoms with Gasteiger partial charge in [0.25, 0.3) is 0 Å². The van der Waals surface area contributed by atoms with Gasteiger partial charge in [0.15, 0.2) is 0 Å². The van der Waals surface area contributed by atoms with Crippen LogP contribution in [0.1, 0.15) is 6.92 Å². The Bertz CT molecular complexity index is 66.3. The van der Waals surface area contributed by atoms with Gasteiger partial charge < -0.3 is 5.32 Å². The summed E-state index contributed by atoms with van der Waals surface area (Å²) < 4.78 is 0. The normalized spacial score (nSPS) is 31.8. The fraction of sp³-hybridized carbons (Fsp3) is 0.600. The van der Waals surface area contributed by atoms with Gasteiger partial charge in [0, 0.05) is 12.6 Å². The van der Waals surface area contributed by atoms with Crippen molar-refractivity contribution in [2.75, 3.05) is 6.54 Å². The van der Waals surface area contributed by atoms with Crippen LogP contribution in [0.2, 0.25) is 0 Å². The van der Waals surface area contributed by atoms with Crippen LogP contribution < -0.4 is 5.32 Å². The summed E-state index contributed by atoms with van der Waals surface area (Å²) in [6.45, 7) is 3.04. The van der Waals surface area contributed by atoms with Crippen molar-refractivity contribution in [1.29, 1.82) is 0 Å². The molecule has 0 bridgehead atoms. The van der Waals surface area contributed by atoms with Crippen LogP contribution >= 0.6 is 0 Å². The number of nitrogens with one attached hydrogen (secondary N) is 1. The van der Waals surface area contributed by atoms with Gasteiger partial charge in [0.1, 0.15) is 0 Å². The highest BCUT2D eigenvalue weighted by molar-refractivity contribution is 4.93. The molecular formula is C5H8N. The van der Waals surface area contributed by atoms with Gasteiger partial charge in [0.2, 0.25) is 0 Å². The van der Waals surface area contributed by atoms with E-state index in [0.717, 1.165) is 6.54 Å². The van der Waals surface area contributed by atoms with Crippen LogP contribution in [-0.2, 0) is 0 Å². The fourth-order valence-corrected chi connectivity index (χ4v) is 0.515. The first-order valence-electron chi connectivity index (χ1n) is 2.20. The molecule has 6 heavy (non-hydrogen) atoms. The zero-order chi connectivity index (χ0) is 4.41. The first-order valence-corrected chi connectivity index (χ1v) is 2.20. The third-order valence-electron chi connectivity index (χ3n) is 0.894. The van der Waals surface area contributed by atoms with Crippen molar-refractivity contribution in [1.82, 2.24) is 5.32 Å². The van der Waals surface area contributed by atoms with E-state index in [9.17, 15) is 0 Å². The molecule has 0 saturated heterocycles. The second-order valence-corrected chi connectivity index (χ2v) is 1.54. The Kier molecular flexibility index (Phi) is 0.926. The lowest BCUT2D eigenvalue weighted by atomic mass is 10.4. The molecule has 1 heterocycles. The lowest BCUT2D eigenvalue weighted by molar-refractivity contribution is 0.724. The molecule has 0 saturated carbocycles. The van der Waals surface area contributed by atoms with E-state index in [0.29, 0.717) is 6.04 Å². The van der Waals surface area contributed by atoms with Crippen LogP contribution in [0.25, 0.3) is 0 Å². The maximum Gasteiger partial charge on any atom is 0.0231 e. The highest BCUT2D eigenvalue weighted by Crippen LogP contribution is 1.88. The maximum atomic E-state index is 3.15. The van der Waals surface area contributed by atoms with Crippen molar-refractivity contribution >= 4 is 0 Å². The first-order chi connectivity index (χ1) is 2.89. The molecule has 1 unspecified atom stereocenters. The third-order valence-corrected chi connectivity index (χ3v) is 0.894. The molecule has 0 spiro atoms. The summed E-state index contributed by atoms with van der Waals surface area (Å²) in [6.07, 6.45) is 5.08. The molecule has 1 aliphatic rings. The summed E-state index contributed by atoms with van der Waals surface area (Å²) in [6, 6.07) is 0.560. The molecule has 0 aromatic rings. The van der Waals surface area contributed by atoms with E-state index < -0.39 is 0 Å². The summed E-state index contributed by atoms with van der Waals surface area (Å²) in [4.78, 5) is 0. The Hall–Kier alpha value is -0.300. The van der Waals surface area contributed by atoms with Gasteiger partial charge in [-0.1, -0.05) is 6.08 Å². The Labute approximate surface area is 38.1 Å². The molecule has 1 nitrogen and oxygen atoms in total. The summed E-state index contributed by atoms with van der Waals surface area (Å²) in [5, 5.41) is 3.15. The second-order valence-electron chi connectivity index (χ2n) is 1.54. The minimum atomic E-state index is 0.560. The van der Waals surface area contributed by atoms with E-state index >= 15 is 0 Å². The molecule has 0 amide bonds. The number of rotatable bonds is 0. The molecule has 33 valence electrons. The van der Waals surface area contributed by atoms with E-state index in [1.807, 2.05) is 6.08 Å². The van der Waals surface area contributed by atoms with Gasteiger partial charge in [-0.3, -0.25) is 0 Å². The zero-order valence-corrected chi connectivity index (χ0v) is 3.86. The SMILES string of the molecule is CC1C=[C]CN1. The quantitative estimate of drug-likeness (QED) is 0.444. The summed E-state index contributed by atoms with van der Waals surface area (Å²) in [7, 11) is 0. The van der Waals surface area contributed by atoms with E-state index in [1.165, 1.54) is 0 Å². The minimum Gasteiger partial charge on any atom is -0.307 e. The van der Waals surface area contributed by atoms with Gasteiger partial charge in [-0.05, 0) is 13.0 Å². The molecule has 1 aliphatic heterocycles. The van der Waals surface area contributed by atoms with Crippen molar-refractivity contribution in [3.63, 3.8) is 0 Å². The van der Waals surface area contributed by atoms with Crippen LogP contribution in [0.3, 0.4) is 0 Å². The van der Waals surface area contributed by atoms with Crippen LogP contribution in [0, 0.1) is 6.08 Å². The molecule has 0 aromatic carbocycles. The largest absolute Gasteiger partial charge is 0.307 e.